The van der Waals surface area contributed by atoms with Crippen molar-refractivity contribution >= 4 is 35.2 Å². The van der Waals surface area contributed by atoms with Gasteiger partial charge < -0.3 is 9.42 Å². The molecule has 0 aliphatic carbocycles. The molecule has 0 spiro atoms. The van der Waals surface area contributed by atoms with Crippen molar-refractivity contribution in [2.75, 3.05) is 29.2 Å². The van der Waals surface area contributed by atoms with Gasteiger partial charge in [-0.15, -0.1) is 29.7 Å². The molecule has 0 aromatic carbocycles. The van der Waals surface area contributed by atoms with E-state index in [0.29, 0.717) is 13.1 Å². The van der Waals surface area contributed by atoms with Gasteiger partial charge in [-0.05, 0) is 0 Å². The number of anilines is 2. The van der Waals surface area contributed by atoms with E-state index in [0.717, 1.165) is 4.57 Å². The first-order valence-electron chi connectivity index (χ1n) is 6.19. The molecule has 1 N–H and O–H groups in total. The number of nitrogens with zero attached hydrogens (tertiary/aromatic N) is 5. The Kier molecular flexibility index (Phi) is 4.89. The number of aromatic nitrogens is 4. The highest BCUT2D eigenvalue weighted by atomic mass is 35.5. The largest absolute Gasteiger partial charge is 0.462 e. The van der Waals surface area contributed by atoms with E-state index in [4.69, 9.17) is 16.1 Å². The van der Waals surface area contributed by atoms with Gasteiger partial charge in [-0.3, -0.25) is 10.1 Å². The van der Waals surface area contributed by atoms with Gasteiger partial charge >= 0.3 is 5.76 Å². The first-order valence-corrected chi connectivity index (χ1v) is 6.73. The Morgan fingerprint density at radius 1 is 1.32 bits per heavy atom. The predicted octanol–water partition coefficient (Wildman–Crippen LogP) is 0.433. The monoisotopic (exact) mass is 324 g/mol. The number of hydrogen-bond donors (Lipinski definition) is 1. The Morgan fingerprint density at radius 3 is 2.59 bits per heavy atom. The fourth-order valence-corrected chi connectivity index (χ4v) is 1.72. The molecule has 2 aromatic rings. The standard InChI is InChI=1S/C12H13ClN6O3/c1-3-5-18(6-4-2)9-15-10(14-8(20)7-13)19-11(16-9)17-12(21)22-19/h3-4H,1-2,5-7H2,(H,14,15,16,17,20,21). The van der Waals surface area contributed by atoms with Crippen LogP contribution in [0.4, 0.5) is 11.9 Å². The van der Waals surface area contributed by atoms with E-state index in [1.807, 2.05) is 0 Å². The maximum absolute atomic E-state index is 11.5. The lowest BCUT2D eigenvalue weighted by molar-refractivity contribution is -0.114. The molecule has 10 heteroatoms. The lowest BCUT2D eigenvalue weighted by Gasteiger charge is -2.19. The highest BCUT2D eigenvalue weighted by Gasteiger charge is 2.17. The number of rotatable bonds is 7. The summed E-state index contributed by atoms with van der Waals surface area (Å²) in [5.41, 5.74) is 0. The summed E-state index contributed by atoms with van der Waals surface area (Å²) >= 11 is 5.45. The Bertz CT molecular complexity index is 758. The van der Waals surface area contributed by atoms with Crippen LogP contribution >= 0.6 is 11.6 Å². The predicted molar refractivity (Wildman–Crippen MR) is 81.3 cm³/mol. The molecule has 0 radical (unpaired) electrons. The number of halogens is 1. The average molecular weight is 325 g/mol. The van der Waals surface area contributed by atoms with Crippen LogP contribution in [0.5, 0.6) is 0 Å². The molecule has 0 unspecified atom stereocenters. The fourth-order valence-electron chi connectivity index (χ4n) is 1.66. The summed E-state index contributed by atoms with van der Waals surface area (Å²) in [4.78, 5) is 36.3. The zero-order valence-corrected chi connectivity index (χ0v) is 12.3. The highest BCUT2D eigenvalue weighted by molar-refractivity contribution is 6.28. The normalized spacial score (nSPS) is 10.4. The molecule has 2 aromatic heterocycles. The van der Waals surface area contributed by atoms with Crippen molar-refractivity contribution in [3.63, 3.8) is 0 Å². The lowest BCUT2D eigenvalue weighted by atomic mass is 10.4. The molecule has 9 nitrogen and oxygen atoms in total. The van der Waals surface area contributed by atoms with Gasteiger partial charge in [0.1, 0.15) is 5.88 Å². The molecule has 2 rings (SSSR count). The summed E-state index contributed by atoms with van der Waals surface area (Å²) in [5.74, 6) is -1.48. The average Bonchev–Trinajstić information content (AvgIpc) is 2.87. The van der Waals surface area contributed by atoms with E-state index in [1.54, 1.807) is 17.1 Å². The quantitative estimate of drug-likeness (QED) is 0.581. The second kappa shape index (κ2) is 6.85. The van der Waals surface area contributed by atoms with Crippen molar-refractivity contribution in [3.8, 4) is 0 Å². The topological polar surface area (TPSA) is 106 Å². The molecule has 0 saturated heterocycles. The second-order valence-electron chi connectivity index (χ2n) is 4.07. The summed E-state index contributed by atoms with van der Waals surface area (Å²) < 4.78 is 5.73. The van der Waals surface area contributed by atoms with Gasteiger partial charge in [0, 0.05) is 13.1 Å². The molecule has 0 fully saturated rings. The summed E-state index contributed by atoms with van der Waals surface area (Å²) in [6.45, 7) is 8.18. The van der Waals surface area contributed by atoms with Gasteiger partial charge in [0.2, 0.25) is 11.9 Å². The van der Waals surface area contributed by atoms with Crippen LogP contribution in [0, 0.1) is 0 Å². The van der Waals surface area contributed by atoms with Gasteiger partial charge in [-0.25, -0.2) is 4.79 Å². The lowest BCUT2D eigenvalue weighted by Crippen LogP contribution is -2.27. The van der Waals surface area contributed by atoms with E-state index >= 15 is 0 Å². The van der Waals surface area contributed by atoms with Crippen LogP contribution in [0.1, 0.15) is 0 Å². The van der Waals surface area contributed by atoms with E-state index in [2.05, 4.69) is 33.4 Å². The van der Waals surface area contributed by atoms with Gasteiger partial charge in [-0.1, -0.05) is 16.7 Å². The zero-order chi connectivity index (χ0) is 16.1. The van der Waals surface area contributed by atoms with E-state index in [9.17, 15) is 9.59 Å². The van der Waals surface area contributed by atoms with Gasteiger partial charge in [0.15, 0.2) is 0 Å². The third-order valence-electron chi connectivity index (χ3n) is 2.49. The molecule has 0 aliphatic heterocycles. The minimum atomic E-state index is -0.855. The Hall–Kier alpha value is -2.68. The van der Waals surface area contributed by atoms with E-state index < -0.39 is 11.7 Å². The number of carbonyl (C=O) groups is 1. The third kappa shape index (κ3) is 3.31. The first kappa shape index (κ1) is 15.7. The van der Waals surface area contributed by atoms with Crippen LogP contribution in [-0.4, -0.2) is 44.4 Å². The molecule has 2 heterocycles. The summed E-state index contributed by atoms with van der Waals surface area (Å²) in [7, 11) is 0. The van der Waals surface area contributed by atoms with Gasteiger partial charge in [0.25, 0.3) is 11.7 Å². The maximum atomic E-state index is 11.5. The van der Waals surface area contributed by atoms with Crippen molar-refractivity contribution in [2.24, 2.45) is 0 Å². The van der Waals surface area contributed by atoms with Crippen LogP contribution in [-0.2, 0) is 4.79 Å². The molecule has 22 heavy (non-hydrogen) atoms. The van der Waals surface area contributed by atoms with Crippen LogP contribution in [0.2, 0.25) is 0 Å². The molecule has 0 atom stereocenters. The molecular formula is C12H13ClN6O3. The van der Waals surface area contributed by atoms with Crippen molar-refractivity contribution in [1.29, 1.82) is 0 Å². The minimum absolute atomic E-state index is 0.0296. The zero-order valence-electron chi connectivity index (χ0n) is 11.5. The van der Waals surface area contributed by atoms with Gasteiger partial charge in [0.05, 0.1) is 0 Å². The fraction of sp³-hybridized carbons (Fsp3) is 0.250. The van der Waals surface area contributed by atoms with Crippen LogP contribution in [0.15, 0.2) is 34.6 Å². The number of alkyl halides is 1. The molecule has 116 valence electrons. The smallest absolute Gasteiger partial charge is 0.333 e. The van der Waals surface area contributed by atoms with Crippen molar-refractivity contribution in [1.82, 2.24) is 19.5 Å². The van der Waals surface area contributed by atoms with E-state index in [1.165, 1.54) is 0 Å². The summed E-state index contributed by atoms with van der Waals surface area (Å²) in [6, 6.07) is 0. The molecular weight excluding hydrogens is 312 g/mol. The molecule has 0 saturated carbocycles. The number of nitrogens with one attached hydrogen (secondary N) is 1. The number of hydrogen-bond acceptors (Lipinski definition) is 7. The summed E-state index contributed by atoms with van der Waals surface area (Å²) in [5, 5.41) is 2.42. The molecule has 0 bridgehead atoms. The maximum Gasteiger partial charge on any atom is 0.462 e. The first-order chi connectivity index (χ1) is 10.6. The van der Waals surface area contributed by atoms with E-state index in [-0.39, 0.29) is 23.6 Å². The second-order valence-corrected chi connectivity index (χ2v) is 4.34. The number of amides is 1. The van der Waals surface area contributed by atoms with Gasteiger partial charge in [-0.2, -0.15) is 9.97 Å². The van der Waals surface area contributed by atoms with Crippen molar-refractivity contribution in [2.45, 2.75) is 0 Å². The van der Waals surface area contributed by atoms with Crippen molar-refractivity contribution in [3.05, 3.63) is 35.9 Å². The minimum Gasteiger partial charge on any atom is -0.333 e. The third-order valence-corrected chi connectivity index (χ3v) is 2.74. The highest BCUT2D eigenvalue weighted by Crippen LogP contribution is 2.13. The van der Waals surface area contributed by atoms with Crippen LogP contribution in [0.25, 0.3) is 5.78 Å². The Labute approximate surface area is 129 Å². The number of fused-ring (bicyclic) bond motifs is 1. The molecule has 1 amide bonds. The van der Waals surface area contributed by atoms with Crippen LogP contribution < -0.4 is 16.0 Å². The van der Waals surface area contributed by atoms with Crippen LogP contribution in [0.3, 0.4) is 0 Å². The summed E-state index contributed by atoms with van der Waals surface area (Å²) in [6.07, 6.45) is 3.31. The molecule has 0 aliphatic rings. The SMILES string of the molecule is C=CCN(CC=C)c1nc(NC(=O)CCl)n2oc(=O)nc2n1. The number of carbonyl (C=O) groups excluding carboxylic acids is 1. The Balaban J connectivity index is 2.55. The van der Waals surface area contributed by atoms with Crippen molar-refractivity contribution < 1.29 is 9.32 Å². The Morgan fingerprint density at radius 2 is 2.00 bits per heavy atom.